The number of aromatic hydroxyl groups is 1. The van der Waals surface area contributed by atoms with Crippen LogP contribution in [0.5, 0.6) is 11.5 Å². The lowest BCUT2D eigenvalue weighted by Crippen LogP contribution is -2.32. The van der Waals surface area contributed by atoms with Crippen molar-refractivity contribution in [2.45, 2.75) is 24.9 Å². The maximum atomic E-state index is 11.1. The van der Waals surface area contributed by atoms with Crippen LogP contribution in [0.1, 0.15) is 11.1 Å². The molecule has 1 unspecified atom stereocenters. The Morgan fingerprint density at radius 3 is 2.19 bits per heavy atom. The third-order valence-electron chi connectivity index (χ3n) is 4.18. The summed E-state index contributed by atoms with van der Waals surface area (Å²) in [5.41, 5.74) is 13.7. The van der Waals surface area contributed by atoms with Crippen molar-refractivity contribution in [3.05, 3.63) is 47.5 Å². The molecule has 2 aromatic rings. The van der Waals surface area contributed by atoms with Crippen LogP contribution in [0.2, 0.25) is 0 Å². The van der Waals surface area contributed by atoms with E-state index in [-0.39, 0.29) is 18.6 Å². The molecule has 2 rings (SSSR count). The van der Waals surface area contributed by atoms with E-state index in [0.717, 1.165) is 0 Å². The fraction of sp³-hybridized carbons (Fsp3) is 0.263. The molecule has 2 atom stereocenters. The number of carboxylic acids is 2. The molecule has 8 nitrogen and oxygen atoms in total. The number of carboxylic acid groups (broad SMARTS) is 2. The standard InChI is InChI=1S/C19H22N2O6/c1-27-17-5-2-10(7-15(20)18(23)24)6-14(17)13-9-12(22)4-3-11(13)8-16(21)19(25)26/h2-6,9,15-16,22H,7-8,20-21H2,1H3,(H,23,24)(H,25,26)/t15-,16?/m0/s1. The summed E-state index contributed by atoms with van der Waals surface area (Å²) in [6, 6.07) is 7.46. The van der Waals surface area contributed by atoms with E-state index in [9.17, 15) is 14.7 Å². The van der Waals surface area contributed by atoms with Crippen molar-refractivity contribution in [3.63, 3.8) is 0 Å². The van der Waals surface area contributed by atoms with Crippen LogP contribution < -0.4 is 16.2 Å². The largest absolute Gasteiger partial charge is 0.508 e. The van der Waals surface area contributed by atoms with Crippen LogP contribution in [-0.4, -0.2) is 46.5 Å². The number of hydrogen-bond acceptors (Lipinski definition) is 6. The molecule has 0 saturated carbocycles. The zero-order valence-electron chi connectivity index (χ0n) is 14.8. The molecule has 0 radical (unpaired) electrons. The number of nitrogens with two attached hydrogens (primary N) is 2. The summed E-state index contributed by atoms with van der Waals surface area (Å²) in [6.07, 6.45) is 0.155. The van der Waals surface area contributed by atoms with Crippen molar-refractivity contribution < 1.29 is 29.6 Å². The monoisotopic (exact) mass is 374 g/mol. The smallest absolute Gasteiger partial charge is 0.320 e. The van der Waals surface area contributed by atoms with E-state index >= 15 is 0 Å². The van der Waals surface area contributed by atoms with Gasteiger partial charge in [0.25, 0.3) is 0 Å². The van der Waals surface area contributed by atoms with Crippen molar-refractivity contribution in [1.29, 1.82) is 0 Å². The van der Waals surface area contributed by atoms with E-state index in [4.69, 9.17) is 26.4 Å². The fourth-order valence-electron chi connectivity index (χ4n) is 2.75. The highest BCUT2D eigenvalue weighted by molar-refractivity contribution is 5.78. The Kier molecular flexibility index (Phi) is 6.38. The van der Waals surface area contributed by atoms with Crippen molar-refractivity contribution in [2.75, 3.05) is 7.11 Å². The Balaban J connectivity index is 2.53. The van der Waals surface area contributed by atoms with Gasteiger partial charge in [-0.25, -0.2) is 0 Å². The zero-order chi connectivity index (χ0) is 20.1. The van der Waals surface area contributed by atoms with Crippen LogP contribution in [0, 0.1) is 0 Å². The highest BCUT2D eigenvalue weighted by atomic mass is 16.5. The Morgan fingerprint density at radius 2 is 1.59 bits per heavy atom. The summed E-state index contributed by atoms with van der Waals surface area (Å²) in [4.78, 5) is 22.1. The van der Waals surface area contributed by atoms with Crippen molar-refractivity contribution in [2.24, 2.45) is 11.5 Å². The first-order valence-corrected chi connectivity index (χ1v) is 8.19. The van der Waals surface area contributed by atoms with Gasteiger partial charge in [0.15, 0.2) is 0 Å². The SMILES string of the molecule is COc1ccc(C[C@H](N)C(=O)O)cc1-c1cc(O)ccc1CC(N)C(=O)O. The highest BCUT2D eigenvalue weighted by Crippen LogP contribution is 2.36. The lowest BCUT2D eigenvalue weighted by Gasteiger charge is -2.17. The Labute approximate surface area is 156 Å². The second-order valence-corrected chi connectivity index (χ2v) is 6.17. The maximum Gasteiger partial charge on any atom is 0.320 e. The third kappa shape index (κ3) is 4.96. The quantitative estimate of drug-likeness (QED) is 0.458. The molecule has 27 heavy (non-hydrogen) atoms. The van der Waals surface area contributed by atoms with Gasteiger partial charge in [0.05, 0.1) is 7.11 Å². The molecule has 0 heterocycles. The lowest BCUT2D eigenvalue weighted by molar-refractivity contribution is -0.139. The summed E-state index contributed by atoms with van der Waals surface area (Å²) in [5.74, 6) is -1.77. The van der Waals surface area contributed by atoms with Crippen LogP contribution in [0.3, 0.4) is 0 Å². The number of methoxy groups -OCH3 is 1. The molecule has 8 heteroatoms. The van der Waals surface area contributed by atoms with Gasteiger partial charge in [0, 0.05) is 5.56 Å². The maximum absolute atomic E-state index is 11.1. The molecule has 0 spiro atoms. The summed E-state index contributed by atoms with van der Waals surface area (Å²) in [6.45, 7) is 0. The van der Waals surface area contributed by atoms with Gasteiger partial charge in [-0.3, -0.25) is 9.59 Å². The van der Waals surface area contributed by atoms with Crippen LogP contribution in [0.25, 0.3) is 11.1 Å². The van der Waals surface area contributed by atoms with E-state index < -0.39 is 24.0 Å². The Bertz CT molecular complexity index is 852. The number of ether oxygens (including phenoxy) is 1. The molecule has 0 aliphatic heterocycles. The third-order valence-corrected chi connectivity index (χ3v) is 4.18. The van der Waals surface area contributed by atoms with Gasteiger partial charge in [-0.1, -0.05) is 12.1 Å². The first kappa shape index (κ1) is 20.2. The van der Waals surface area contributed by atoms with Gasteiger partial charge in [0.2, 0.25) is 0 Å². The van der Waals surface area contributed by atoms with Crippen LogP contribution in [0.15, 0.2) is 36.4 Å². The molecule has 0 aliphatic rings. The van der Waals surface area contributed by atoms with Gasteiger partial charge in [-0.15, -0.1) is 0 Å². The second kappa shape index (κ2) is 8.52. The topological polar surface area (TPSA) is 156 Å². The molecular formula is C19H22N2O6. The van der Waals surface area contributed by atoms with Crippen molar-refractivity contribution >= 4 is 11.9 Å². The molecule has 7 N–H and O–H groups in total. The molecule has 0 bridgehead atoms. The number of aliphatic carboxylic acids is 2. The zero-order valence-corrected chi connectivity index (χ0v) is 14.8. The van der Waals surface area contributed by atoms with Crippen molar-refractivity contribution in [1.82, 2.24) is 0 Å². The fourth-order valence-corrected chi connectivity index (χ4v) is 2.75. The summed E-state index contributed by atoms with van der Waals surface area (Å²) >= 11 is 0. The molecule has 0 aliphatic carbocycles. The van der Waals surface area contributed by atoms with E-state index in [1.165, 1.54) is 19.2 Å². The van der Waals surface area contributed by atoms with Crippen LogP contribution >= 0.6 is 0 Å². The normalized spacial score (nSPS) is 13.0. The first-order valence-electron chi connectivity index (χ1n) is 8.19. The molecule has 0 saturated heterocycles. The Hall–Kier alpha value is -3.10. The van der Waals surface area contributed by atoms with Gasteiger partial charge in [-0.2, -0.15) is 0 Å². The summed E-state index contributed by atoms with van der Waals surface area (Å²) in [5, 5.41) is 28.0. The molecule has 144 valence electrons. The van der Waals surface area contributed by atoms with Crippen LogP contribution in [-0.2, 0) is 22.4 Å². The van der Waals surface area contributed by atoms with Gasteiger partial charge in [-0.05, 0) is 53.8 Å². The van der Waals surface area contributed by atoms with Crippen LogP contribution in [0.4, 0.5) is 0 Å². The summed E-state index contributed by atoms with van der Waals surface area (Å²) in [7, 11) is 1.48. The minimum absolute atomic E-state index is 0.00709. The van der Waals surface area contributed by atoms with E-state index in [2.05, 4.69) is 0 Å². The summed E-state index contributed by atoms with van der Waals surface area (Å²) < 4.78 is 5.38. The van der Waals surface area contributed by atoms with Gasteiger partial charge >= 0.3 is 11.9 Å². The highest BCUT2D eigenvalue weighted by Gasteiger charge is 2.19. The molecule has 0 aromatic heterocycles. The lowest BCUT2D eigenvalue weighted by atomic mass is 9.92. The molecule has 2 aromatic carbocycles. The number of phenolic OH excluding ortho intramolecular Hbond substituents is 1. The molecular weight excluding hydrogens is 352 g/mol. The predicted octanol–water partition coefficient (Wildman–Crippen LogP) is 0.977. The number of phenols is 1. The molecule has 0 fully saturated rings. The molecule has 0 amide bonds. The first-order chi connectivity index (χ1) is 12.7. The second-order valence-electron chi connectivity index (χ2n) is 6.17. The average Bonchev–Trinajstić information content (AvgIpc) is 2.62. The number of rotatable bonds is 8. The number of hydrogen-bond donors (Lipinski definition) is 5. The van der Waals surface area contributed by atoms with Gasteiger partial charge in [0.1, 0.15) is 23.6 Å². The van der Waals surface area contributed by atoms with E-state index in [0.29, 0.717) is 28.0 Å². The predicted molar refractivity (Wildman–Crippen MR) is 98.7 cm³/mol. The minimum Gasteiger partial charge on any atom is -0.508 e. The van der Waals surface area contributed by atoms with E-state index in [1.54, 1.807) is 24.3 Å². The van der Waals surface area contributed by atoms with Gasteiger partial charge < -0.3 is 31.5 Å². The number of carbonyl (C=O) groups is 2. The Morgan fingerprint density at radius 1 is 0.963 bits per heavy atom. The van der Waals surface area contributed by atoms with E-state index in [1.807, 2.05) is 0 Å². The number of benzene rings is 2. The minimum atomic E-state index is -1.14. The average molecular weight is 374 g/mol. The van der Waals surface area contributed by atoms with Crippen molar-refractivity contribution in [3.8, 4) is 22.6 Å².